The third-order valence-corrected chi connectivity index (χ3v) is 2.56. The highest BCUT2D eigenvalue weighted by atomic mass is 16.5. The molecule has 1 aromatic rings. The van der Waals surface area contributed by atoms with Gasteiger partial charge in [-0.2, -0.15) is 0 Å². The largest absolute Gasteiger partial charge is 0.497 e. The molecule has 0 atom stereocenters. The molecule has 0 saturated carbocycles. The van der Waals surface area contributed by atoms with Gasteiger partial charge in [0, 0.05) is 19.2 Å². The van der Waals surface area contributed by atoms with E-state index < -0.39 is 0 Å². The first-order chi connectivity index (χ1) is 7.72. The van der Waals surface area contributed by atoms with Crippen LogP contribution in [0.1, 0.15) is 26.7 Å². The van der Waals surface area contributed by atoms with E-state index in [2.05, 4.69) is 18.7 Å². The van der Waals surface area contributed by atoms with Gasteiger partial charge in [0.25, 0.3) is 0 Å². The fourth-order valence-electron chi connectivity index (χ4n) is 1.84. The summed E-state index contributed by atoms with van der Waals surface area (Å²) in [5, 5.41) is 0. The standard InChI is InChI=1S/C13H22N2O/c1-4-8-15(9-5-2)13-7-6-11(16-3)10-12(13)14/h6-7,10H,4-5,8-9,14H2,1-3H3. The van der Waals surface area contributed by atoms with Gasteiger partial charge in [0.1, 0.15) is 5.75 Å². The molecule has 0 aromatic heterocycles. The Morgan fingerprint density at radius 3 is 2.25 bits per heavy atom. The van der Waals surface area contributed by atoms with Crippen molar-refractivity contribution in [1.82, 2.24) is 0 Å². The minimum atomic E-state index is 0.793. The highest BCUT2D eigenvalue weighted by Crippen LogP contribution is 2.27. The van der Waals surface area contributed by atoms with E-state index in [0.29, 0.717) is 0 Å². The topological polar surface area (TPSA) is 38.5 Å². The van der Waals surface area contributed by atoms with E-state index in [1.54, 1.807) is 7.11 Å². The number of nitrogens with two attached hydrogens (primary N) is 1. The van der Waals surface area contributed by atoms with Crippen molar-refractivity contribution in [3.8, 4) is 5.75 Å². The molecule has 0 bridgehead atoms. The van der Waals surface area contributed by atoms with Crippen molar-refractivity contribution >= 4 is 11.4 Å². The van der Waals surface area contributed by atoms with Gasteiger partial charge in [0.15, 0.2) is 0 Å². The van der Waals surface area contributed by atoms with E-state index in [1.807, 2.05) is 18.2 Å². The summed E-state index contributed by atoms with van der Waals surface area (Å²) in [5.74, 6) is 0.814. The molecule has 1 rings (SSSR count). The second kappa shape index (κ2) is 6.26. The average Bonchev–Trinajstić information content (AvgIpc) is 2.29. The Bertz CT molecular complexity index is 320. The van der Waals surface area contributed by atoms with Gasteiger partial charge in [-0.25, -0.2) is 0 Å². The number of rotatable bonds is 6. The molecular weight excluding hydrogens is 200 g/mol. The molecule has 0 radical (unpaired) electrons. The van der Waals surface area contributed by atoms with Gasteiger partial charge in [-0.1, -0.05) is 13.8 Å². The van der Waals surface area contributed by atoms with Crippen LogP contribution in [0.25, 0.3) is 0 Å². The highest BCUT2D eigenvalue weighted by molar-refractivity contribution is 5.69. The monoisotopic (exact) mass is 222 g/mol. The summed E-state index contributed by atoms with van der Waals surface area (Å²) in [5.41, 5.74) is 7.94. The van der Waals surface area contributed by atoms with Crippen molar-refractivity contribution in [1.29, 1.82) is 0 Å². The van der Waals surface area contributed by atoms with Crippen LogP contribution in [0.5, 0.6) is 5.75 Å². The van der Waals surface area contributed by atoms with Crippen LogP contribution in [0.3, 0.4) is 0 Å². The summed E-state index contributed by atoms with van der Waals surface area (Å²) < 4.78 is 5.15. The zero-order chi connectivity index (χ0) is 12.0. The summed E-state index contributed by atoms with van der Waals surface area (Å²) in [6, 6.07) is 5.89. The van der Waals surface area contributed by atoms with Gasteiger partial charge in [0.2, 0.25) is 0 Å². The molecule has 0 aliphatic carbocycles. The highest BCUT2D eigenvalue weighted by Gasteiger charge is 2.08. The van der Waals surface area contributed by atoms with Crippen LogP contribution < -0.4 is 15.4 Å². The molecule has 0 amide bonds. The van der Waals surface area contributed by atoms with Crippen molar-refractivity contribution in [2.24, 2.45) is 0 Å². The van der Waals surface area contributed by atoms with Crippen molar-refractivity contribution in [2.45, 2.75) is 26.7 Å². The molecule has 3 nitrogen and oxygen atoms in total. The second-order valence-corrected chi connectivity index (χ2v) is 3.91. The van der Waals surface area contributed by atoms with Gasteiger partial charge < -0.3 is 15.4 Å². The van der Waals surface area contributed by atoms with Gasteiger partial charge >= 0.3 is 0 Å². The lowest BCUT2D eigenvalue weighted by Crippen LogP contribution is -2.25. The molecule has 3 heteroatoms. The molecule has 0 spiro atoms. The van der Waals surface area contributed by atoms with Gasteiger partial charge in [0.05, 0.1) is 18.5 Å². The Morgan fingerprint density at radius 2 is 1.81 bits per heavy atom. The summed E-state index contributed by atoms with van der Waals surface area (Å²) in [6.45, 7) is 6.46. The summed E-state index contributed by atoms with van der Waals surface area (Å²) in [7, 11) is 1.66. The Morgan fingerprint density at radius 1 is 1.19 bits per heavy atom. The smallest absolute Gasteiger partial charge is 0.121 e. The maximum atomic E-state index is 6.04. The van der Waals surface area contributed by atoms with Gasteiger partial charge in [-0.15, -0.1) is 0 Å². The summed E-state index contributed by atoms with van der Waals surface area (Å²) >= 11 is 0. The molecule has 0 heterocycles. The second-order valence-electron chi connectivity index (χ2n) is 3.91. The number of hydrogen-bond donors (Lipinski definition) is 1. The number of ether oxygens (including phenoxy) is 1. The van der Waals surface area contributed by atoms with Gasteiger partial charge in [-0.05, 0) is 25.0 Å². The lowest BCUT2D eigenvalue weighted by atomic mass is 10.2. The Kier molecular flexibility index (Phi) is 4.96. The van der Waals surface area contributed by atoms with Crippen LogP contribution >= 0.6 is 0 Å². The van der Waals surface area contributed by atoms with Crippen LogP contribution in [0.4, 0.5) is 11.4 Å². The van der Waals surface area contributed by atoms with E-state index in [4.69, 9.17) is 10.5 Å². The number of nitrogens with zero attached hydrogens (tertiary/aromatic N) is 1. The first-order valence-corrected chi connectivity index (χ1v) is 5.91. The summed E-state index contributed by atoms with van der Waals surface area (Å²) in [6.07, 6.45) is 2.26. The molecule has 0 fully saturated rings. The molecule has 0 saturated heterocycles. The third-order valence-electron chi connectivity index (χ3n) is 2.56. The predicted octanol–water partition coefficient (Wildman–Crippen LogP) is 2.90. The Labute approximate surface area is 98.2 Å². The molecule has 16 heavy (non-hydrogen) atoms. The average molecular weight is 222 g/mol. The molecule has 2 N–H and O–H groups in total. The molecule has 90 valence electrons. The first kappa shape index (κ1) is 12.7. The number of methoxy groups -OCH3 is 1. The maximum Gasteiger partial charge on any atom is 0.121 e. The van der Waals surface area contributed by atoms with Crippen molar-refractivity contribution < 1.29 is 4.74 Å². The van der Waals surface area contributed by atoms with Gasteiger partial charge in [-0.3, -0.25) is 0 Å². The molecule has 1 aromatic carbocycles. The van der Waals surface area contributed by atoms with Crippen LogP contribution in [0.15, 0.2) is 18.2 Å². The number of benzene rings is 1. The van der Waals surface area contributed by atoms with E-state index in [1.165, 1.54) is 0 Å². The Hall–Kier alpha value is -1.38. The van der Waals surface area contributed by atoms with Crippen LogP contribution in [-0.4, -0.2) is 20.2 Å². The lowest BCUT2D eigenvalue weighted by Gasteiger charge is -2.25. The third kappa shape index (κ3) is 3.05. The normalized spacial score (nSPS) is 10.2. The van der Waals surface area contributed by atoms with Crippen LogP contribution in [-0.2, 0) is 0 Å². The summed E-state index contributed by atoms with van der Waals surface area (Å²) in [4.78, 5) is 2.33. The molecule has 0 aliphatic heterocycles. The van der Waals surface area contributed by atoms with Crippen molar-refractivity contribution in [3.63, 3.8) is 0 Å². The molecule has 0 unspecified atom stereocenters. The number of anilines is 2. The van der Waals surface area contributed by atoms with E-state index in [-0.39, 0.29) is 0 Å². The minimum Gasteiger partial charge on any atom is -0.497 e. The maximum absolute atomic E-state index is 6.04. The minimum absolute atomic E-state index is 0.793. The van der Waals surface area contributed by atoms with Crippen LogP contribution in [0, 0.1) is 0 Å². The van der Waals surface area contributed by atoms with Crippen molar-refractivity contribution in [3.05, 3.63) is 18.2 Å². The zero-order valence-electron chi connectivity index (χ0n) is 10.5. The molecule has 0 aliphatic rings. The fourth-order valence-corrected chi connectivity index (χ4v) is 1.84. The first-order valence-electron chi connectivity index (χ1n) is 5.91. The quantitative estimate of drug-likeness (QED) is 0.752. The number of nitrogen functional groups attached to an aromatic ring is 1. The van der Waals surface area contributed by atoms with E-state index >= 15 is 0 Å². The Balaban J connectivity index is 2.90. The van der Waals surface area contributed by atoms with Crippen LogP contribution in [0.2, 0.25) is 0 Å². The van der Waals surface area contributed by atoms with Crippen molar-refractivity contribution in [2.75, 3.05) is 30.8 Å². The molecular formula is C13H22N2O. The number of hydrogen-bond acceptors (Lipinski definition) is 3. The fraction of sp³-hybridized carbons (Fsp3) is 0.538. The van der Waals surface area contributed by atoms with E-state index in [0.717, 1.165) is 43.1 Å². The SMILES string of the molecule is CCCN(CCC)c1ccc(OC)cc1N. The predicted molar refractivity (Wildman–Crippen MR) is 70.2 cm³/mol. The zero-order valence-corrected chi connectivity index (χ0v) is 10.5. The lowest BCUT2D eigenvalue weighted by molar-refractivity contribution is 0.415. The van der Waals surface area contributed by atoms with E-state index in [9.17, 15) is 0 Å².